The normalized spacial score (nSPS) is 15.6. The van der Waals surface area contributed by atoms with Crippen LogP contribution >= 0.6 is 15.9 Å². The van der Waals surface area contributed by atoms with Crippen LogP contribution in [0, 0.1) is 0 Å². The Morgan fingerprint density at radius 2 is 1.84 bits per heavy atom. The third kappa shape index (κ3) is 5.22. The van der Waals surface area contributed by atoms with Crippen molar-refractivity contribution in [3.8, 4) is 0 Å². The van der Waals surface area contributed by atoms with Gasteiger partial charge >= 0.3 is 0 Å². The summed E-state index contributed by atoms with van der Waals surface area (Å²) in [7, 11) is 2.01. The molecule has 108 valence electrons. The van der Waals surface area contributed by atoms with E-state index in [0.29, 0.717) is 6.54 Å². The summed E-state index contributed by atoms with van der Waals surface area (Å²) in [6, 6.07) is 8.40. The van der Waals surface area contributed by atoms with Gasteiger partial charge in [0.1, 0.15) is 0 Å². The summed E-state index contributed by atoms with van der Waals surface area (Å²) in [6.07, 6.45) is 0.900. The predicted octanol–water partition coefficient (Wildman–Crippen LogP) is 2.93. The van der Waals surface area contributed by atoms with Gasteiger partial charge in [0.25, 0.3) is 0 Å². The molecule has 2 unspecified atom stereocenters. The van der Waals surface area contributed by atoms with Gasteiger partial charge in [-0.3, -0.25) is 4.90 Å². The topological polar surface area (TPSA) is 49.5 Å². The van der Waals surface area contributed by atoms with Crippen LogP contribution in [0.15, 0.2) is 28.7 Å². The van der Waals surface area contributed by atoms with Crippen molar-refractivity contribution in [1.29, 1.82) is 0 Å². The quantitative estimate of drug-likeness (QED) is 0.844. The van der Waals surface area contributed by atoms with Gasteiger partial charge in [-0.25, -0.2) is 0 Å². The lowest BCUT2D eigenvalue weighted by Gasteiger charge is -2.36. The molecule has 1 rings (SSSR count). The van der Waals surface area contributed by atoms with E-state index in [4.69, 9.17) is 5.73 Å². The fourth-order valence-corrected chi connectivity index (χ4v) is 2.68. The lowest BCUT2D eigenvalue weighted by Crippen LogP contribution is -2.44. The number of likely N-dealkylation sites (N-methyl/N-ethyl adjacent to an activating group) is 1. The Balaban J connectivity index is 2.98. The maximum absolute atomic E-state index is 9.99. The summed E-state index contributed by atoms with van der Waals surface area (Å²) in [4.78, 5) is 2.14. The number of nitrogens with two attached hydrogens (primary N) is 1. The molecule has 1 aromatic rings. The SMILES string of the molecule is CCC(N)C(c1ccc(Br)cc1)N(C)CC(C)(C)O. The first-order valence-corrected chi connectivity index (χ1v) is 7.47. The smallest absolute Gasteiger partial charge is 0.0718 e. The van der Waals surface area contributed by atoms with E-state index in [2.05, 4.69) is 39.9 Å². The van der Waals surface area contributed by atoms with Gasteiger partial charge in [-0.1, -0.05) is 35.0 Å². The first-order valence-electron chi connectivity index (χ1n) is 6.68. The minimum Gasteiger partial charge on any atom is -0.389 e. The third-order valence-corrected chi connectivity index (χ3v) is 3.73. The van der Waals surface area contributed by atoms with Crippen molar-refractivity contribution in [2.24, 2.45) is 5.73 Å². The minimum absolute atomic E-state index is 0.0496. The molecular formula is C15H25BrN2O. The van der Waals surface area contributed by atoms with E-state index < -0.39 is 5.60 Å². The Bertz CT molecular complexity index is 386. The van der Waals surface area contributed by atoms with E-state index in [-0.39, 0.29) is 12.1 Å². The Kier molecular flexibility index (Phi) is 5.99. The number of halogens is 1. The van der Waals surface area contributed by atoms with Crippen molar-refractivity contribution in [2.45, 2.75) is 44.9 Å². The number of rotatable bonds is 6. The van der Waals surface area contributed by atoms with Crippen LogP contribution in [0.4, 0.5) is 0 Å². The molecule has 0 saturated heterocycles. The van der Waals surface area contributed by atoms with E-state index in [1.54, 1.807) is 0 Å². The molecule has 1 aromatic carbocycles. The molecule has 0 heterocycles. The summed E-state index contributed by atoms with van der Waals surface area (Å²) in [5.41, 5.74) is 6.73. The lowest BCUT2D eigenvalue weighted by atomic mass is 9.95. The van der Waals surface area contributed by atoms with Crippen molar-refractivity contribution in [1.82, 2.24) is 4.90 Å². The molecule has 3 nitrogen and oxygen atoms in total. The average molecular weight is 329 g/mol. The van der Waals surface area contributed by atoms with Gasteiger partial charge < -0.3 is 10.8 Å². The molecule has 19 heavy (non-hydrogen) atoms. The molecule has 4 heteroatoms. The standard InChI is InChI=1S/C15H25BrN2O/c1-5-13(17)14(18(4)10-15(2,3)19)11-6-8-12(16)9-7-11/h6-9,13-14,19H,5,10,17H2,1-4H3. The highest BCUT2D eigenvalue weighted by atomic mass is 79.9. The largest absolute Gasteiger partial charge is 0.389 e. The van der Waals surface area contributed by atoms with Crippen LogP contribution in [0.5, 0.6) is 0 Å². The second kappa shape index (κ2) is 6.84. The molecule has 0 fully saturated rings. The molecular weight excluding hydrogens is 304 g/mol. The molecule has 0 aliphatic heterocycles. The maximum Gasteiger partial charge on any atom is 0.0718 e. The van der Waals surface area contributed by atoms with E-state index in [0.717, 1.165) is 10.9 Å². The van der Waals surface area contributed by atoms with Crippen molar-refractivity contribution in [3.05, 3.63) is 34.3 Å². The average Bonchev–Trinajstić information content (AvgIpc) is 2.29. The second-order valence-electron chi connectivity index (χ2n) is 5.80. The van der Waals surface area contributed by atoms with E-state index >= 15 is 0 Å². The van der Waals surface area contributed by atoms with Crippen LogP contribution in [0.1, 0.15) is 38.8 Å². The molecule has 0 radical (unpaired) electrons. The Hall–Kier alpha value is -0.420. The Morgan fingerprint density at radius 3 is 2.26 bits per heavy atom. The van der Waals surface area contributed by atoms with Gasteiger partial charge in [0, 0.05) is 23.1 Å². The number of nitrogens with zero attached hydrogens (tertiary/aromatic N) is 1. The third-order valence-electron chi connectivity index (χ3n) is 3.20. The number of aliphatic hydroxyl groups is 1. The molecule has 0 amide bonds. The van der Waals surface area contributed by atoms with Crippen LogP contribution in [0.3, 0.4) is 0 Å². The van der Waals surface area contributed by atoms with Crippen LogP contribution in [0.25, 0.3) is 0 Å². The zero-order chi connectivity index (χ0) is 14.6. The van der Waals surface area contributed by atoms with E-state index in [9.17, 15) is 5.11 Å². The van der Waals surface area contributed by atoms with E-state index in [1.165, 1.54) is 5.56 Å². The van der Waals surface area contributed by atoms with Crippen LogP contribution in [-0.2, 0) is 0 Å². The van der Waals surface area contributed by atoms with E-state index in [1.807, 2.05) is 33.0 Å². The first-order chi connectivity index (χ1) is 8.74. The van der Waals surface area contributed by atoms with Crippen molar-refractivity contribution in [2.75, 3.05) is 13.6 Å². The molecule has 0 aliphatic rings. The van der Waals surface area contributed by atoms with Gasteiger partial charge in [0.05, 0.1) is 5.60 Å². The number of benzene rings is 1. The van der Waals surface area contributed by atoms with Crippen LogP contribution in [-0.4, -0.2) is 35.2 Å². The highest BCUT2D eigenvalue weighted by Gasteiger charge is 2.26. The summed E-state index contributed by atoms with van der Waals surface area (Å²) in [5, 5.41) is 9.99. The molecule has 0 aromatic heterocycles. The molecule has 0 saturated carbocycles. The van der Waals surface area contributed by atoms with Gasteiger partial charge in [-0.2, -0.15) is 0 Å². The minimum atomic E-state index is -0.726. The van der Waals surface area contributed by atoms with Gasteiger partial charge in [0.15, 0.2) is 0 Å². The van der Waals surface area contributed by atoms with Crippen LogP contribution < -0.4 is 5.73 Å². The first kappa shape index (κ1) is 16.6. The van der Waals surface area contributed by atoms with Gasteiger partial charge in [-0.15, -0.1) is 0 Å². The zero-order valence-corrected chi connectivity index (χ0v) is 13.8. The summed E-state index contributed by atoms with van der Waals surface area (Å²) >= 11 is 3.45. The number of hydrogen-bond acceptors (Lipinski definition) is 3. The Labute approximate surface area is 124 Å². The fourth-order valence-electron chi connectivity index (χ4n) is 2.42. The second-order valence-corrected chi connectivity index (χ2v) is 6.71. The zero-order valence-electron chi connectivity index (χ0n) is 12.2. The van der Waals surface area contributed by atoms with Gasteiger partial charge in [0.2, 0.25) is 0 Å². The summed E-state index contributed by atoms with van der Waals surface area (Å²) in [5.74, 6) is 0. The fraction of sp³-hybridized carbons (Fsp3) is 0.600. The Morgan fingerprint density at radius 1 is 1.32 bits per heavy atom. The lowest BCUT2D eigenvalue weighted by molar-refractivity contribution is 0.0266. The predicted molar refractivity (Wildman–Crippen MR) is 84.1 cm³/mol. The van der Waals surface area contributed by atoms with Crippen molar-refractivity contribution >= 4 is 15.9 Å². The summed E-state index contributed by atoms with van der Waals surface area (Å²) in [6.45, 7) is 6.31. The van der Waals surface area contributed by atoms with Crippen molar-refractivity contribution in [3.63, 3.8) is 0 Å². The molecule has 0 spiro atoms. The molecule has 2 atom stereocenters. The molecule has 0 aliphatic carbocycles. The highest BCUT2D eigenvalue weighted by Crippen LogP contribution is 2.26. The number of hydrogen-bond donors (Lipinski definition) is 2. The maximum atomic E-state index is 9.99. The summed E-state index contributed by atoms with van der Waals surface area (Å²) < 4.78 is 1.06. The molecule has 0 bridgehead atoms. The highest BCUT2D eigenvalue weighted by molar-refractivity contribution is 9.10. The monoisotopic (exact) mass is 328 g/mol. The van der Waals surface area contributed by atoms with Crippen LogP contribution in [0.2, 0.25) is 0 Å². The van der Waals surface area contributed by atoms with Gasteiger partial charge in [-0.05, 0) is 45.0 Å². The van der Waals surface area contributed by atoms with Crippen molar-refractivity contribution < 1.29 is 5.11 Å². The molecule has 3 N–H and O–H groups in total.